The van der Waals surface area contributed by atoms with Gasteiger partial charge in [0.15, 0.2) is 0 Å². The van der Waals surface area contributed by atoms with Gasteiger partial charge in [-0.2, -0.15) is 0 Å². The zero-order chi connectivity index (χ0) is 19.2. The molecule has 0 heterocycles. The molecule has 0 radical (unpaired) electrons. The molecule has 2 amide bonds. The van der Waals surface area contributed by atoms with Crippen LogP contribution in [-0.2, 0) is 11.3 Å². The maximum absolute atomic E-state index is 12.3. The maximum atomic E-state index is 12.3. The van der Waals surface area contributed by atoms with E-state index in [1.54, 1.807) is 24.3 Å². The standard InChI is InChI=1S/C21H22N2O4/c24-19(15-3-1-2-4-15)22-13-14-5-7-16(8-6-14)20(25)23-18-11-9-17(10-12-18)21(26)27/h5-12,15H,1-4,13H2,(H,22,24)(H,23,25)(H,26,27). The lowest BCUT2D eigenvalue weighted by atomic mass is 10.1. The zero-order valence-corrected chi connectivity index (χ0v) is 14.9. The van der Waals surface area contributed by atoms with Gasteiger partial charge >= 0.3 is 5.97 Å². The summed E-state index contributed by atoms with van der Waals surface area (Å²) < 4.78 is 0. The zero-order valence-electron chi connectivity index (χ0n) is 14.9. The summed E-state index contributed by atoms with van der Waals surface area (Å²) in [6.45, 7) is 0.452. The molecule has 0 saturated heterocycles. The Bertz CT molecular complexity index is 822. The summed E-state index contributed by atoms with van der Waals surface area (Å²) >= 11 is 0. The SMILES string of the molecule is O=C(O)c1ccc(NC(=O)c2ccc(CNC(=O)C3CCCC3)cc2)cc1. The first-order chi connectivity index (χ1) is 13.0. The Labute approximate surface area is 157 Å². The lowest BCUT2D eigenvalue weighted by Crippen LogP contribution is -2.28. The Morgan fingerprint density at radius 1 is 0.889 bits per heavy atom. The van der Waals surface area contributed by atoms with Gasteiger partial charge in [0.1, 0.15) is 0 Å². The summed E-state index contributed by atoms with van der Waals surface area (Å²) in [6.07, 6.45) is 4.19. The van der Waals surface area contributed by atoms with Gasteiger partial charge in [0, 0.05) is 23.7 Å². The van der Waals surface area contributed by atoms with Crippen molar-refractivity contribution < 1.29 is 19.5 Å². The van der Waals surface area contributed by atoms with Crippen LogP contribution in [0.15, 0.2) is 48.5 Å². The molecule has 6 heteroatoms. The highest BCUT2D eigenvalue weighted by molar-refractivity contribution is 6.04. The van der Waals surface area contributed by atoms with Gasteiger partial charge in [-0.25, -0.2) is 4.79 Å². The van der Waals surface area contributed by atoms with Crippen molar-refractivity contribution in [1.82, 2.24) is 5.32 Å². The van der Waals surface area contributed by atoms with Crippen LogP contribution < -0.4 is 10.6 Å². The number of carboxylic acids is 1. The highest BCUT2D eigenvalue weighted by Gasteiger charge is 2.22. The van der Waals surface area contributed by atoms with Gasteiger partial charge in [-0.1, -0.05) is 25.0 Å². The van der Waals surface area contributed by atoms with E-state index in [0.717, 1.165) is 31.2 Å². The van der Waals surface area contributed by atoms with Crippen LogP contribution in [0, 0.1) is 5.92 Å². The number of anilines is 1. The molecule has 1 saturated carbocycles. The van der Waals surface area contributed by atoms with E-state index in [4.69, 9.17) is 5.11 Å². The number of aromatic carboxylic acids is 1. The summed E-state index contributed by atoms with van der Waals surface area (Å²) in [5.41, 5.74) is 2.11. The molecule has 0 bridgehead atoms. The van der Waals surface area contributed by atoms with Crippen molar-refractivity contribution in [2.24, 2.45) is 5.92 Å². The van der Waals surface area contributed by atoms with Crippen LogP contribution in [0.3, 0.4) is 0 Å². The molecule has 0 unspecified atom stereocenters. The van der Waals surface area contributed by atoms with Crippen molar-refractivity contribution in [1.29, 1.82) is 0 Å². The van der Waals surface area contributed by atoms with Gasteiger partial charge in [0.2, 0.25) is 5.91 Å². The minimum absolute atomic E-state index is 0.110. The van der Waals surface area contributed by atoms with E-state index < -0.39 is 5.97 Å². The monoisotopic (exact) mass is 366 g/mol. The van der Waals surface area contributed by atoms with Crippen LogP contribution >= 0.6 is 0 Å². The summed E-state index contributed by atoms with van der Waals surface area (Å²) in [5.74, 6) is -1.04. The first-order valence-electron chi connectivity index (χ1n) is 9.04. The fourth-order valence-corrected chi connectivity index (χ4v) is 3.19. The van der Waals surface area contributed by atoms with Crippen LogP contribution in [0.25, 0.3) is 0 Å². The molecule has 27 heavy (non-hydrogen) atoms. The van der Waals surface area contributed by atoms with E-state index in [2.05, 4.69) is 10.6 Å². The van der Waals surface area contributed by atoms with E-state index in [1.807, 2.05) is 12.1 Å². The van der Waals surface area contributed by atoms with Gasteiger partial charge in [0.05, 0.1) is 5.56 Å². The smallest absolute Gasteiger partial charge is 0.335 e. The van der Waals surface area contributed by atoms with Crippen LogP contribution in [0.2, 0.25) is 0 Å². The molecule has 0 spiro atoms. The van der Waals surface area contributed by atoms with Crippen LogP contribution in [0.5, 0.6) is 0 Å². The summed E-state index contributed by atoms with van der Waals surface area (Å²) in [5, 5.41) is 14.6. The largest absolute Gasteiger partial charge is 0.478 e. The van der Waals surface area contributed by atoms with Gasteiger partial charge < -0.3 is 15.7 Å². The Morgan fingerprint density at radius 2 is 1.48 bits per heavy atom. The van der Waals surface area contributed by atoms with Crippen molar-refractivity contribution in [3.8, 4) is 0 Å². The second-order valence-corrected chi connectivity index (χ2v) is 6.73. The fraction of sp³-hybridized carbons (Fsp3) is 0.286. The fourth-order valence-electron chi connectivity index (χ4n) is 3.19. The summed E-state index contributed by atoms with van der Waals surface area (Å²) in [7, 11) is 0. The minimum Gasteiger partial charge on any atom is -0.478 e. The Kier molecular flexibility index (Phi) is 5.86. The number of hydrogen-bond donors (Lipinski definition) is 3. The molecule has 6 nitrogen and oxygen atoms in total. The number of amides is 2. The van der Waals surface area contributed by atoms with E-state index >= 15 is 0 Å². The van der Waals surface area contributed by atoms with Crippen molar-refractivity contribution in [2.75, 3.05) is 5.32 Å². The summed E-state index contributed by atoms with van der Waals surface area (Å²) in [4.78, 5) is 35.2. The number of nitrogens with one attached hydrogen (secondary N) is 2. The third-order valence-electron chi connectivity index (χ3n) is 4.80. The number of carboxylic acid groups (broad SMARTS) is 1. The number of rotatable bonds is 6. The normalized spacial score (nSPS) is 13.9. The number of hydrogen-bond acceptors (Lipinski definition) is 3. The van der Waals surface area contributed by atoms with E-state index in [0.29, 0.717) is 17.8 Å². The average molecular weight is 366 g/mol. The number of benzene rings is 2. The summed E-state index contributed by atoms with van der Waals surface area (Å²) in [6, 6.07) is 13.0. The second kappa shape index (κ2) is 8.49. The highest BCUT2D eigenvalue weighted by Crippen LogP contribution is 2.24. The molecule has 0 aliphatic heterocycles. The molecule has 0 aromatic heterocycles. The highest BCUT2D eigenvalue weighted by atomic mass is 16.4. The maximum Gasteiger partial charge on any atom is 0.335 e. The molecule has 1 aliphatic rings. The molecule has 1 aliphatic carbocycles. The topological polar surface area (TPSA) is 95.5 Å². The molecular weight excluding hydrogens is 344 g/mol. The predicted molar refractivity (Wildman–Crippen MR) is 102 cm³/mol. The second-order valence-electron chi connectivity index (χ2n) is 6.73. The molecular formula is C21H22N2O4. The molecule has 2 aromatic rings. The minimum atomic E-state index is -1.01. The Balaban J connectivity index is 1.53. The van der Waals surface area contributed by atoms with Gasteiger partial charge in [-0.05, 0) is 54.8 Å². The van der Waals surface area contributed by atoms with Crippen molar-refractivity contribution >= 4 is 23.5 Å². The van der Waals surface area contributed by atoms with Crippen LogP contribution in [0.4, 0.5) is 5.69 Å². The number of carbonyl (C=O) groups is 3. The third kappa shape index (κ3) is 4.94. The van der Waals surface area contributed by atoms with Crippen molar-refractivity contribution in [3.05, 3.63) is 65.2 Å². The quantitative estimate of drug-likeness (QED) is 0.730. The molecule has 140 valence electrons. The lowest BCUT2D eigenvalue weighted by molar-refractivity contribution is -0.124. The van der Waals surface area contributed by atoms with E-state index in [1.165, 1.54) is 12.1 Å². The number of carbonyl (C=O) groups excluding carboxylic acids is 2. The van der Waals surface area contributed by atoms with Crippen molar-refractivity contribution in [3.63, 3.8) is 0 Å². The molecule has 3 rings (SSSR count). The van der Waals surface area contributed by atoms with Gasteiger partial charge in [0.25, 0.3) is 5.91 Å². The molecule has 2 aromatic carbocycles. The third-order valence-corrected chi connectivity index (χ3v) is 4.80. The lowest BCUT2D eigenvalue weighted by Gasteiger charge is -2.11. The van der Waals surface area contributed by atoms with Crippen LogP contribution in [0.1, 0.15) is 52.0 Å². The first-order valence-corrected chi connectivity index (χ1v) is 9.04. The first kappa shape index (κ1) is 18.6. The van der Waals surface area contributed by atoms with E-state index in [-0.39, 0.29) is 23.3 Å². The van der Waals surface area contributed by atoms with Crippen molar-refractivity contribution in [2.45, 2.75) is 32.2 Å². The van der Waals surface area contributed by atoms with Crippen LogP contribution in [-0.4, -0.2) is 22.9 Å². The Hall–Kier alpha value is -3.15. The molecule has 1 fully saturated rings. The Morgan fingerprint density at radius 3 is 2.07 bits per heavy atom. The average Bonchev–Trinajstić information content (AvgIpc) is 3.22. The molecule has 3 N–H and O–H groups in total. The predicted octanol–water partition coefficient (Wildman–Crippen LogP) is 3.44. The van der Waals surface area contributed by atoms with E-state index in [9.17, 15) is 14.4 Å². The van der Waals surface area contributed by atoms with Gasteiger partial charge in [-0.15, -0.1) is 0 Å². The van der Waals surface area contributed by atoms with Gasteiger partial charge in [-0.3, -0.25) is 9.59 Å². The molecule has 0 atom stereocenters.